The van der Waals surface area contributed by atoms with Gasteiger partial charge < -0.3 is 9.84 Å². The van der Waals surface area contributed by atoms with Gasteiger partial charge in [0.25, 0.3) is 0 Å². The van der Waals surface area contributed by atoms with Gasteiger partial charge in [-0.25, -0.2) is 0 Å². The minimum atomic E-state index is -4.58. The van der Waals surface area contributed by atoms with E-state index < -0.39 is 19.3 Å². The van der Waals surface area contributed by atoms with E-state index in [0.29, 0.717) is 6.42 Å². The number of aliphatic hydroxyl groups is 1. The van der Waals surface area contributed by atoms with Gasteiger partial charge in [-0.05, 0) is 12.8 Å². The first-order chi connectivity index (χ1) is 5.95. The molecule has 0 aliphatic rings. The Hall–Kier alpha value is -0.330. The Labute approximate surface area is 74.4 Å². The van der Waals surface area contributed by atoms with Crippen molar-refractivity contribution >= 4 is 0 Å². The van der Waals surface area contributed by atoms with Gasteiger partial charge in [0.05, 0.1) is 13.2 Å². The van der Waals surface area contributed by atoms with E-state index in [1.165, 1.54) is 0 Å². The highest BCUT2D eigenvalue weighted by Crippen LogP contribution is 2.15. The average molecular weight is 202 g/mol. The molecular weight excluding hydrogens is 189 g/mol. The zero-order valence-corrected chi connectivity index (χ0v) is 7.30. The van der Waals surface area contributed by atoms with Gasteiger partial charge in [0.15, 0.2) is 6.29 Å². The van der Waals surface area contributed by atoms with E-state index in [-0.39, 0.29) is 13.0 Å². The lowest BCUT2D eigenvalue weighted by atomic mass is 10.4. The van der Waals surface area contributed by atoms with Crippen molar-refractivity contribution in [1.82, 2.24) is 0 Å². The minimum Gasteiger partial charge on any atom is -0.368 e. The molecule has 6 heteroatoms. The summed E-state index contributed by atoms with van der Waals surface area (Å²) < 4.78 is 42.4. The maximum atomic E-state index is 11.4. The number of hydrogen-bond acceptors (Lipinski definition) is 3. The molecule has 0 radical (unpaired) electrons. The van der Waals surface area contributed by atoms with Gasteiger partial charge in [0, 0.05) is 0 Å². The van der Waals surface area contributed by atoms with Crippen molar-refractivity contribution in [3.05, 3.63) is 0 Å². The maximum absolute atomic E-state index is 11.4. The van der Waals surface area contributed by atoms with Crippen LogP contribution in [0.1, 0.15) is 19.8 Å². The van der Waals surface area contributed by atoms with Crippen LogP contribution in [0.2, 0.25) is 0 Å². The first-order valence-electron chi connectivity index (χ1n) is 3.96. The van der Waals surface area contributed by atoms with Gasteiger partial charge in [-0.1, -0.05) is 6.92 Å². The monoisotopic (exact) mass is 202 g/mol. The van der Waals surface area contributed by atoms with Crippen LogP contribution in [0.5, 0.6) is 0 Å². The summed E-state index contributed by atoms with van der Waals surface area (Å²) in [6.45, 7) is 1.32. The Balaban J connectivity index is 3.18. The number of halogens is 3. The number of rotatable bonds is 6. The summed E-state index contributed by atoms with van der Waals surface area (Å²) in [5.41, 5.74) is 0. The topological polar surface area (TPSA) is 38.7 Å². The van der Waals surface area contributed by atoms with Crippen molar-refractivity contribution < 1.29 is 27.8 Å². The van der Waals surface area contributed by atoms with Gasteiger partial charge in [-0.2, -0.15) is 0 Å². The smallest absolute Gasteiger partial charge is 0.368 e. The van der Waals surface area contributed by atoms with Gasteiger partial charge in [0.2, 0.25) is 0 Å². The SMILES string of the molecule is CCC(O)OCCCOC(F)(F)F. The van der Waals surface area contributed by atoms with Gasteiger partial charge in [-0.3, -0.25) is 4.74 Å². The van der Waals surface area contributed by atoms with Crippen molar-refractivity contribution in [2.24, 2.45) is 0 Å². The molecule has 3 nitrogen and oxygen atoms in total. The predicted octanol–water partition coefficient (Wildman–Crippen LogP) is 1.66. The first-order valence-corrected chi connectivity index (χ1v) is 3.96. The fraction of sp³-hybridized carbons (Fsp3) is 1.00. The minimum absolute atomic E-state index is 0.0606. The van der Waals surface area contributed by atoms with Crippen molar-refractivity contribution in [1.29, 1.82) is 0 Å². The van der Waals surface area contributed by atoms with Crippen molar-refractivity contribution in [2.45, 2.75) is 32.4 Å². The summed E-state index contributed by atoms with van der Waals surface area (Å²) in [5, 5.41) is 8.83. The van der Waals surface area contributed by atoms with Crippen LogP contribution in [-0.2, 0) is 9.47 Å². The molecule has 0 amide bonds. The van der Waals surface area contributed by atoms with E-state index in [1.54, 1.807) is 6.92 Å². The molecule has 0 heterocycles. The van der Waals surface area contributed by atoms with Gasteiger partial charge in [-0.15, -0.1) is 13.2 Å². The second-order valence-corrected chi connectivity index (χ2v) is 2.38. The average Bonchev–Trinajstić information content (AvgIpc) is 2.01. The summed E-state index contributed by atoms with van der Waals surface area (Å²) >= 11 is 0. The highest BCUT2D eigenvalue weighted by atomic mass is 19.4. The van der Waals surface area contributed by atoms with Crippen LogP contribution in [0.25, 0.3) is 0 Å². The first kappa shape index (κ1) is 12.7. The molecule has 0 fully saturated rings. The molecule has 0 aromatic rings. The number of ether oxygens (including phenoxy) is 2. The second kappa shape index (κ2) is 6.17. The van der Waals surface area contributed by atoms with Crippen LogP contribution >= 0.6 is 0 Å². The van der Waals surface area contributed by atoms with Crippen LogP contribution in [0.15, 0.2) is 0 Å². The molecule has 0 saturated carbocycles. The zero-order chi connectivity index (χ0) is 10.3. The summed E-state index contributed by atoms with van der Waals surface area (Å²) in [7, 11) is 0. The third-order valence-corrected chi connectivity index (χ3v) is 1.21. The Morgan fingerprint density at radius 3 is 2.38 bits per heavy atom. The predicted molar refractivity (Wildman–Crippen MR) is 38.9 cm³/mol. The number of aliphatic hydroxyl groups excluding tert-OH is 1. The largest absolute Gasteiger partial charge is 0.522 e. The van der Waals surface area contributed by atoms with Crippen LogP contribution in [-0.4, -0.2) is 31.0 Å². The molecular formula is C7H13F3O3. The van der Waals surface area contributed by atoms with E-state index >= 15 is 0 Å². The van der Waals surface area contributed by atoms with E-state index in [9.17, 15) is 13.2 Å². The fourth-order valence-corrected chi connectivity index (χ4v) is 0.584. The summed E-state index contributed by atoms with van der Waals surface area (Å²) in [5.74, 6) is 0. The van der Waals surface area contributed by atoms with E-state index in [2.05, 4.69) is 4.74 Å². The highest BCUT2D eigenvalue weighted by Gasteiger charge is 2.28. The molecule has 0 aliphatic heterocycles. The van der Waals surface area contributed by atoms with Crippen LogP contribution in [0.4, 0.5) is 13.2 Å². The Bertz CT molecular complexity index is 127. The Kier molecular flexibility index (Phi) is 6.02. The molecule has 1 N–H and O–H groups in total. The molecule has 0 spiro atoms. The number of hydrogen-bond donors (Lipinski definition) is 1. The molecule has 1 atom stereocenters. The van der Waals surface area contributed by atoms with Crippen molar-refractivity contribution in [3.63, 3.8) is 0 Å². The molecule has 0 aromatic carbocycles. The standard InChI is InChI=1S/C7H13F3O3/c1-2-6(11)12-4-3-5-13-7(8,9)10/h6,11H,2-5H2,1H3. The Morgan fingerprint density at radius 2 is 1.92 bits per heavy atom. The molecule has 0 saturated heterocycles. The molecule has 0 aromatic heterocycles. The lowest BCUT2D eigenvalue weighted by Gasteiger charge is -2.10. The molecule has 0 aliphatic carbocycles. The van der Waals surface area contributed by atoms with Crippen LogP contribution in [0, 0.1) is 0 Å². The van der Waals surface area contributed by atoms with Gasteiger partial charge in [0.1, 0.15) is 0 Å². The number of alkyl halides is 3. The highest BCUT2D eigenvalue weighted by molar-refractivity contribution is 4.39. The molecule has 1 unspecified atom stereocenters. The molecule has 0 bridgehead atoms. The zero-order valence-electron chi connectivity index (χ0n) is 7.30. The van der Waals surface area contributed by atoms with E-state index in [0.717, 1.165) is 0 Å². The van der Waals surface area contributed by atoms with Gasteiger partial charge >= 0.3 is 6.36 Å². The van der Waals surface area contributed by atoms with E-state index in [4.69, 9.17) is 9.84 Å². The summed E-state index contributed by atoms with van der Waals surface area (Å²) in [6.07, 6.45) is -4.95. The molecule has 0 rings (SSSR count). The van der Waals surface area contributed by atoms with Crippen LogP contribution in [0.3, 0.4) is 0 Å². The summed E-state index contributed by atoms with van der Waals surface area (Å²) in [4.78, 5) is 0. The summed E-state index contributed by atoms with van der Waals surface area (Å²) in [6, 6.07) is 0. The third kappa shape index (κ3) is 9.59. The normalized spacial score (nSPS) is 14.5. The second-order valence-electron chi connectivity index (χ2n) is 2.38. The molecule has 13 heavy (non-hydrogen) atoms. The molecule has 80 valence electrons. The van der Waals surface area contributed by atoms with Crippen molar-refractivity contribution in [2.75, 3.05) is 13.2 Å². The third-order valence-electron chi connectivity index (χ3n) is 1.21. The fourth-order valence-electron chi connectivity index (χ4n) is 0.584. The maximum Gasteiger partial charge on any atom is 0.522 e. The van der Waals surface area contributed by atoms with E-state index in [1.807, 2.05) is 0 Å². The van der Waals surface area contributed by atoms with Crippen LogP contribution < -0.4 is 0 Å². The lowest BCUT2D eigenvalue weighted by Crippen LogP contribution is -2.17. The van der Waals surface area contributed by atoms with Crippen molar-refractivity contribution in [3.8, 4) is 0 Å². The Morgan fingerprint density at radius 1 is 1.31 bits per heavy atom. The lowest BCUT2D eigenvalue weighted by molar-refractivity contribution is -0.325. The quantitative estimate of drug-likeness (QED) is 0.525.